The Hall–Kier alpha value is -1.35. The molecule has 1 saturated heterocycles. The quantitative estimate of drug-likeness (QED) is 0.711. The van der Waals surface area contributed by atoms with Gasteiger partial charge in [0.2, 0.25) is 0 Å². The van der Waals surface area contributed by atoms with E-state index in [9.17, 15) is 4.79 Å². The summed E-state index contributed by atoms with van der Waals surface area (Å²) in [6, 6.07) is 8.39. The molecule has 3 nitrogen and oxygen atoms in total. The summed E-state index contributed by atoms with van der Waals surface area (Å²) in [4.78, 5) is 14.6. The van der Waals surface area contributed by atoms with Gasteiger partial charge in [0.1, 0.15) is 6.61 Å². The molecular weight excluding hydrogens is 286 g/mol. The van der Waals surface area contributed by atoms with Crippen LogP contribution in [0.5, 0.6) is 0 Å². The summed E-state index contributed by atoms with van der Waals surface area (Å²) in [7, 11) is 0. The normalized spacial score (nSPS) is 17.2. The van der Waals surface area contributed by atoms with E-state index in [4.69, 9.17) is 4.74 Å². The van der Waals surface area contributed by atoms with Crippen LogP contribution in [-0.4, -0.2) is 37.1 Å². The minimum atomic E-state index is -0.190. The molecule has 3 heteroatoms. The Kier molecular flexibility index (Phi) is 7.10. The first-order valence-electron chi connectivity index (χ1n) is 9.04. The average Bonchev–Trinajstić information content (AvgIpc) is 2.55. The zero-order valence-corrected chi connectivity index (χ0v) is 14.9. The fraction of sp³-hybridized carbons (Fsp3) is 0.650. The molecule has 128 valence electrons. The summed E-state index contributed by atoms with van der Waals surface area (Å²) in [5, 5.41) is 0. The summed E-state index contributed by atoms with van der Waals surface area (Å²) in [5.41, 5.74) is 2.37. The molecule has 0 radical (unpaired) electrons. The predicted octanol–water partition coefficient (Wildman–Crippen LogP) is 4.02. The second kappa shape index (κ2) is 9.07. The van der Waals surface area contributed by atoms with Gasteiger partial charge in [0.05, 0.1) is 5.92 Å². The first-order valence-corrected chi connectivity index (χ1v) is 9.04. The molecule has 1 unspecified atom stereocenters. The molecule has 0 N–H and O–H groups in total. The minimum Gasteiger partial charge on any atom is -0.464 e. The first kappa shape index (κ1) is 18.0. The van der Waals surface area contributed by atoms with Crippen LogP contribution in [0.3, 0.4) is 0 Å². The van der Waals surface area contributed by atoms with E-state index in [1.165, 1.54) is 24.8 Å². The number of nitrogens with zero attached hydrogens (tertiary/aromatic N) is 1. The summed E-state index contributed by atoms with van der Waals surface area (Å²) in [5.74, 6) is 0.348. The van der Waals surface area contributed by atoms with Crippen molar-refractivity contribution in [2.24, 2.45) is 5.92 Å². The van der Waals surface area contributed by atoms with Crippen molar-refractivity contribution in [3.8, 4) is 0 Å². The van der Waals surface area contributed by atoms with Crippen LogP contribution in [0.2, 0.25) is 0 Å². The highest BCUT2D eigenvalue weighted by molar-refractivity contribution is 5.77. The van der Waals surface area contributed by atoms with Crippen molar-refractivity contribution < 1.29 is 9.53 Å². The van der Waals surface area contributed by atoms with Gasteiger partial charge in [0.25, 0.3) is 0 Å². The van der Waals surface area contributed by atoms with E-state index in [0.29, 0.717) is 12.5 Å². The zero-order valence-electron chi connectivity index (χ0n) is 14.9. The minimum absolute atomic E-state index is 0.112. The van der Waals surface area contributed by atoms with Crippen molar-refractivity contribution in [2.75, 3.05) is 26.2 Å². The lowest BCUT2D eigenvalue weighted by atomic mass is 9.97. The van der Waals surface area contributed by atoms with Gasteiger partial charge in [-0.05, 0) is 56.3 Å². The Morgan fingerprint density at radius 1 is 1.09 bits per heavy atom. The van der Waals surface area contributed by atoms with Crippen LogP contribution in [0.15, 0.2) is 24.3 Å². The van der Waals surface area contributed by atoms with Gasteiger partial charge in [-0.15, -0.1) is 0 Å². The van der Waals surface area contributed by atoms with E-state index in [0.717, 1.165) is 31.6 Å². The maximum atomic E-state index is 12.2. The lowest BCUT2D eigenvalue weighted by Gasteiger charge is -2.26. The van der Waals surface area contributed by atoms with Crippen molar-refractivity contribution in [1.82, 2.24) is 4.90 Å². The van der Waals surface area contributed by atoms with E-state index in [1.807, 2.05) is 6.92 Å². The van der Waals surface area contributed by atoms with Crippen molar-refractivity contribution in [1.29, 1.82) is 0 Å². The third kappa shape index (κ3) is 5.98. The monoisotopic (exact) mass is 317 g/mol. The molecule has 0 aromatic heterocycles. The number of ether oxygens (including phenoxy) is 1. The number of hydrogen-bond donors (Lipinski definition) is 0. The first-order chi connectivity index (χ1) is 11.1. The van der Waals surface area contributed by atoms with Crippen LogP contribution in [0.1, 0.15) is 57.1 Å². The van der Waals surface area contributed by atoms with Gasteiger partial charge in [-0.1, -0.05) is 44.5 Å². The third-order valence-corrected chi connectivity index (χ3v) is 4.58. The van der Waals surface area contributed by atoms with Crippen LogP contribution < -0.4 is 0 Å². The van der Waals surface area contributed by atoms with Gasteiger partial charge in [0, 0.05) is 6.54 Å². The molecule has 1 aliphatic heterocycles. The number of likely N-dealkylation sites (tertiary alicyclic amines) is 1. The lowest BCUT2D eigenvalue weighted by molar-refractivity contribution is -0.145. The number of piperidine rings is 1. The van der Waals surface area contributed by atoms with Crippen molar-refractivity contribution in [3.63, 3.8) is 0 Å². The van der Waals surface area contributed by atoms with Gasteiger partial charge >= 0.3 is 5.97 Å². The number of rotatable bonds is 7. The molecule has 1 fully saturated rings. The molecule has 1 heterocycles. The van der Waals surface area contributed by atoms with E-state index < -0.39 is 0 Å². The average molecular weight is 317 g/mol. The molecule has 1 aromatic carbocycles. The standard InChI is InChI=1S/C20H31NO2/c1-16(2)15-18-7-9-19(10-8-18)17(3)20(22)23-14-13-21-11-5-4-6-12-21/h7-10,16-17H,4-6,11-15H2,1-3H3. The highest BCUT2D eigenvalue weighted by Gasteiger charge is 2.17. The molecule has 0 bridgehead atoms. The van der Waals surface area contributed by atoms with Gasteiger partial charge in [-0.2, -0.15) is 0 Å². The van der Waals surface area contributed by atoms with Crippen molar-refractivity contribution >= 4 is 5.97 Å². The Bertz CT molecular complexity index is 475. The van der Waals surface area contributed by atoms with Gasteiger partial charge in [-0.3, -0.25) is 9.69 Å². The maximum Gasteiger partial charge on any atom is 0.313 e. The molecule has 1 atom stereocenters. The number of hydrogen-bond acceptors (Lipinski definition) is 3. The molecule has 23 heavy (non-hydrogen) atoms. The predicted molar refractivity (Wildman–Crippen MR) is 94.6 cm³/mol. The van der Waals surface area contributed by atoms with E-state index in [2.05, 4.69) is 43.0 Å². The second-order valence-corrected chi connectivity index (χ2v) is 7.13. The summed E-state index contributed by atoms with van der Waals surface area (Å²) >= 11 is 0. The molecular formula is C20H31NO2. The SMILES string of the molecule is CC(C)Cc1ccc(C(C)C(=O)OCCN2CCCCC2)cc1. The van der Waals surface area contributed by atoms with Crippen molar-refractivity contribution in [2.45, 2.75) is 52.4 Å². The number of carbonyl (C=O) groups is 1. The van der Waals surface area contributed by atoms with Crippen LogP contribution in [0.4, 0.5) is 0 Å². The van der Waals surface area contributed by atoms with Crippen LogP contribution in [0.25, 0.3) is 0 Å². The topological polar surface area (TPSA) is 29.5 Å². The number of esters is 1. The van der Waals surface area contributed by atoms with Gasteiger partial charge in [0.15, 0.2) is 0 Å². The molecule has 1 aliphatic rings. The largest absolute Gasteiger partial charge is 0.464 e. The van der Waals surface area contributed by atoms with E-state index in [1.54, 1.807) is 0 Å². The number of carbonyl (C=O) groups excluding carboxylic acids is 1. The smallest absolute Gasteiger partial charge is 0.313 e. The molecule has 0 saturated carbocycles. The van der Waals surface area contributed by atoms with Crippen molar-refractivity contribution in [3.05, 3.63) is 35.4 Å². The van der Waals surface area contributed by atoms with E-state index in [-0.39, 0.29) is 11.9 Å². The highest BCUT2D eigenvalue weighted by Crippen LogP contribution is 2.19. The lowest BCUT2D eigenvalue weighted by Crippen LogP contribution is -2.33. The second-order valence-electron chi connectivity index (χ2n) is 7.13. The molecule has 0 amide bonds. The maximum absolute atomic E-state index is 12.2. The van der Waals surface area contributed by atoms with E-state index >= 15 is 0 Å². The van der Waals surface area contributed by atoms with Crippen LogP contribution >= 0.6 is 0 Å². The third-order valence-electron chi connectivity index (χ3n) is 4.58. The Balaban J connectivity index is 1.77. The highest BCUT2D eigenvalue weighted by atomic mass is 16.5. The summed E-state index contributed by atoms with van der Waals surface area (Å²) < 4.78 is 5.48. The molecule has 0 spiro atoms. The van der Waals surface area contributed by atoms with Gasteiger partial charge < -0.3 is 4.74 Å². The number of benzene rings is 1. The fourth-order valence-electron chi connectivity index (χ4n) is 3.13. The molecule has 2 rings (SSSR count). The van der Waals surface area contributed by atoms with Crippen LogP contribution in [-0.2, 0) is 16.0 Å². The zero-order chi connectivity index (χ0) is 16.7. The molecule has 0 aliphatic carbocycles. The van der Waals surface area contributed by atoms with Crippen LogP contribution in [0, 0.1) is 5.92 Å². The summed E-state index contributed by atoms with van der Waals surface area (Å²) in [6.07, 6.45) is 4.95. The Morgan fingerprint density at radius 3 is 2.35 bits per heavy atom. The fourth-order valence-corrected chi connectivity index (χ4v) is 3.13. The Morgan fingerprint density at radius 2 is 1.74 bits per heavy atom. The summed E-state index contributed by atoms with van der Waals surface area (Å²) in [6.45, 7) is 10.0. The molecule has 1 aromatic rings. The van der Waals surface area contributed by atoms with Gasteiger partial charge in [-0.25, -0.2) is 0 Å². The Labute approximate surface area is 141 Å².